The number of nitrogens with zero attached hydrogens (tertiary/aromatic N) is 2. The predicted molar refractivity (Wildman–Crippen MR) is 41.7 cm³/mol. The molecule has 0 saturated carbocycles. The van der Waals surface area contributed by atoms with Crippen LogP contribution < -0.4 is 0 Å². The number of rotatable bonds is 0. The van der Waals surface area contributed by atoms with Crippen LogP contribution in [0.25, 0.3) is 10.9 Å². The molecule has 2 rings (SSSR count). The average molecular weight is 145 g/mol. The molecule has 0 radical (unpaired) electrons. The van der Waals surface area contributed by atoms with Crippen molar-refractivity contribution in [3.8, 4) is 0 Å². The zero-order valence-corrected chi connectivity index (χ0v) is 5.86. The molecule has 3 heteroatoms. The molecule has 1 aromatic carbocycles. The van der Waals surface area contributed by atoms with E-state index in [-0.39, 0.29) is 0 Å². The van der Waals surface area contributed by atoms with Crippen molar-refractivity contribution in [1.29, 1.82) is 10.8 Å². The first-order valence-electron chi connectivity index (χ1n) is 3.19. The fraction of sp³-hybridized carbons (Fsp3) is 0. The molecule has 54 valence electrons. The number of hydrogen-bond donors (Lipinski definition) is 1. The summed E-state index contributed by atoms with van der Waals surface area (Å²) in [5.41, 5.74) is 1.21. The lowest BCUT2D eigenvalue weighted by Crippen LogP contribution is -1.61. The number of benzene rings is 1. The van der Waals surface area contributed by atoms with Crippen LogP contribution in [0, 0.1) is 10.8 Å². The lowest BCUT2D eigenvalue weighted by molar-refractivity contribution is 1.15. The van der Waals surface area contributed by atoms with E-state index < -0.39 is 0 Å². The molecule has 1 aromatic heterocycles. The van der Waals surface area contributed by atoms with E-state index in [1.807, 2.05) is 18.3 Å². The average Bonchev–Trinajstić information content (AvgIpc) is 2.55. The Labute approximate surface area is 64.1 Å². The number of fused-ring (bicyclic) bond motifs is 1. The number of para-hydroxylation sites is 1. The van der Waals surface area contributed by atoms with Gasteiger partial charge in [0.05, 0.1) is 0 Å². The van der Waals surface area contributed by atoms with Gasteiger partial charge in [-0.05, 0) is 17.5 Å². The first-order valence-corrected chi connectivity index (χ1v) is 3.19. The molecule has 0 atom stereocenters. The second-order valence-electron chi connectivity index (χ2n) is 2.06. The van der Waals surface area contributed by atoms with E-state index in [0.717, 1.165) is 0 Å². The van der Waals surface area contributed by atoms with E-state index >= 15 is 0 Å². The standard InChI is InChI=1S/C8H7N.N2/c1-2-4-8-7(3-1)5-6-9-8;1-2/h1-6,9H;. The molecule has 0 fully saturated rings. The van der Waals surface area contributed by atoms with Crippen molar-refractivity contribution in [2.75, 3.05) is 0 Å². The van der Waals surface area contributed by atoms with Crippen molar-refractivity contribution >= 4 is 10.9 Å². The lowest BCUT2D eigenvalue weighted by Gasteiger charge is -1.83. The fourth-order valence-corrected chi connectivity index (χ4v) is 0.995. The largest absolute Gasteiger partial charge is 0.361 e. The Hall–Kier alpha value is -1.82. The molecular weight excluding hydrogens is 138 g/mol. The summed E-state index contributed by atoms with van der Waals surface area (Å²) in [4.78, 5) is 3.12. The summed E-state index contributed by atoms with van der Waals surface area (Å²) in [5, 5.41) is 13.3. The Kier molecular flexibility index (Phi) is 2.24. The normalized spacial score (nSPS) is 8.55. The SMILES string of the molecule is N#N.c1ccc2[nH]ccc2c1. The van der Waals surface area contributed by atoms with E-state index in [0.29, 0.717) is 0 Å². The Morgan fingerprint density at radius 2 is 1.73 bits per heavy atom. The summed E-state index contributed by atoms with van der Waals surface area (Å²) in [5.74, 6) is 0. The summed E-state index contributed by atoms with van der Waals surface area (Å²) >= 11 is 0. The minimum absolute atomic E-state index is 1.21. The highest BCUT2D eigenvalue weighted by molar-refractivity contribution is 5.78. The molecule has 2 aromatic rings. The summed E-state index contributed by atoms with van der Waals surface area (Å²) in [6.45, 7) is 0. The van der Waals surface area contributed by atoms with Gasteiger partial charge in [0.2, 0.25) is 0 Å². The summed E-state index contributed by atoms with van der Waals surface area (Å²) in [6, 6.07) is 10.3. The third kappa shape index (κ3) is 1.36. The van der Waals surface area contributed by atoms with Crippen LogP contribution >= 0.6 is 0 Å². The molecule has 1 heterocycles. The van der Waals surface area contributed by atoms with Crippen LogP contribution in [0.5, 0.6) is 0 Å². The van der Waals surface area contributed by atoms with Crippen LogP contribution in [0.15, 0.2) is 36.5 Å². The van der Waals surface area contributed by atoms with Gasteiger partial charge in [0, 0.05) is 22.5 Å². The molecule has 0 unspecified atom stereocenters. The van der Waals surface area contributed by atoms with E-state index in [9.17, 15) is 0 Å². The van der Waals surface area contributed by atoms with Crippen molar-refractivity contribution in [2.45, 2.75) is 0 Å². The maximum absolute atomic E-state index is 6.00. The second kappa shape index (κ2) is 3.37. The molecule has 0 spiro atoms. The highest BCUT2D eigenvalue weighted by Crippen LogP contribution is 2.09. The van der Waals surface area contributed by atoms with Gasteiger partial charge in [-0.2, -0.15) is 0 Å². The quantitative estimate of drug-likeness (QED) is 0.577. The van der Waals surface area contributed by atoms with Crippen molar-refractivity contribution < 1.29 is 0 Å². The van der Waals surface area contributed by atoms with E-state index in [2.05, 4.69) is 23.2 Å². The van der Waals surface area contributed by atoms with E-state index in [1.54, 1.807) is 0 Å². The van der Waals surface area contributed by atoms with E-state index in [1.165, 1.54) is 10.9 Å². The number of aromatic nitrogens is 1. The molecule has 1 N–H and O–H groups in total. The maximum atomic E-state index is 6.00. The minimum atomic E-state index is 1.21. The van der Waals surface area contributed by atoms with Crippen molar-refractivity contribution in [1.82, 2.24) is 4.98 Å². The van der Waals surface area contributed by atoms with Gasteiger partial charge in [-0.25, -0.2) is 0 Å². The maximum Gasteiger partial charge on any atom is 0.0453 e. The van der Waals surface area contributed by atoms with Gasteiger partial charge in [0.1, 0.15) is 0 Å². The Bertz CT molecular complexity index is 318. The van der Waals surface area contributed by atoms with Crippen molar-refractivity contribution in [2.24, 2.45) is 0 Å². The summed E-state index contributed by atoms with van der Waals surface area (Å²) in [6.07, 6.45) is 1.95. The number of aromatic amines is 1. The lowest BCUT2D eigenvalue weighted by atomic mass is 10.3. The number of nitrogens with one attached hydrogen (secondary N) is 1. The Morgan fingerprint density at radius 3 is 2.45 bits per heavy atom. The van der Waals surface area contributed by atoms with Gasteiger partial charge in [-0.15, -0.1) is 0 Å². The zero-order chi connectivity index (χ0) is 8.10. The van der Waals surface area contributed by atoms with Gasteiger partial charge in [0.25, 0.3) is 0 Å². The molecule has 0 aliphatic rings. The first-order chi connectivity index (χ1) is 5.47. The van der Waals surface area contributed by atoms with Crippen LogP contribution in [-0.2, 0) is 0 Å². The van der Waals surface area contributed by atoms with Crippen LogP contribution in [0.3, 0.4) is 0 Å². The highest BCUT2D eigenvalue weighted by atomic mass is 14.7. The number of hydrogen-bond acceptors (Lipinski definition) is 2. The highest BCUT2D eigenvalue weighted by Gasteiger charge is 1.86. The molecule has 0 saturated heterocycles. The van der Waals surface area contributed by atoms with Crippen LogP contribution in [0.1, 0.15) is 0 Å². The molecule has 11 heavy (non-hydrogen) atoms. The minimum Gasteiger partial charge on any atom is -0.361 e. The van der Waals surface area contributed by atoms with Gasteiger partial charge in [-0.3, -0.25) is 0 Å². The molecule has 3 nitrogen and oxygen atoms in total. The molecule has 0 bridgehead atoms. The van der Waals surface area contributed by atoms with Crippen LogP contribution in [0.2, 0.25) is 0 Å². The third-order valence-electron chi connectivity index (χ3n) is 1.46. The van der Waals surface area contributed by atoms with Gasteiger partial charge >= 0.3 is 0 Å². The Morgan fingerprint density at radius 1 is 1.00 bits per heavy atom. The monoisotopic (exact) mass is 145 g/mol. The summed E-state index contributed by atoms with van der Waals surface area (Å²) < 4.78 is 0. The number of H-pyrrole nitrogens is 1. The fourth-order valence-electron chi connectivity index (χ4n) is 0.995. The topological polar surface area (TPSA) is 63.4 Å². The van der Waals surface area contributed by atoms with Crippen LogP contribution in [0.4, 0.5) is 0 Å². The predicted octanol–water partition coefficient (Wildman–Crippen LogP) is 2.20. The molecule has 0 aliphatic heterocycles. The first kappa shape index (κ1) is 7.29. The summed E-state index contributed by atoms with van der Waals surface area (Å²) in [7, 11) is 0. The second-order valence-corrected chi connectivity index (χ2v) is 2.06. The molecule has 0 amide bonds. The molecule has 0 aliphatic carbocycles. The zero-order valence-electron chi connectivity index (χ0n) is 5.86. The van der Waals surface area contributed by atoms with E-state index in [4.69, 9.17) is 10.8 Å². The van der Waals surface area contributed by atoms with Crippen LogP contribution in [-0.4, -0.2) is 4.98 Å². The van der Waals surface area contributed by atoms with Crippen molar-refractivity contribution in [3.63, 3.8) is 0 Å². The van der Waals surface area contributed by atoms with Gasteiger partial charge in [0.15, 0.2) is 0 Å². The van der Waals surface area contributed by atoms with Gasteiger partial charge < -0.3 is 4.98 Å². The van der Waals surface area contributed by atoms with Gasteiger partial charge in [-0.1, -0.05) is 18.2 Å². The smallest absolute Gasteiger partial charge is 0.0453 e. The van der Waals surface area contributed by atoms with Crippen molar-refractivity contribution in [3.05, 3.63) is 36.5 Å². The molecular formula is C8H7N3. The Balaban J connectivity index is 0.000000281. The third-order valence-corrected chi connectivity index (χ3v) is 1.46.